The summed E-state index contributed by atoms with van der Waals surface area (Å²) >= 11 is 0. The Kier molecular flexibility index (Phi) is 4.79. The van der Waals surface area contributed by atoms with Crippen molar-refractivity contribution in [3.05, 3.63) is 54.0 Å². The highest BCUT2D eigenvalue weighted by Gasteiger charge is 2.12. The highest BCUT2D eigenvalue weighted by atomic mass is 16.5. The van der Waals surface area contributed by atoms with Gasteiger partial charge in [0.1, 0.15) is 11.5 Å². The summed E-state index contributed by atoms with van der Waals surface area (Å²) in [5, 5.41) is 2.80. The number of benzene rings is 1. The fourth-order valence-electron chi connectivity index (χ4n) is 1.80. The Labute approximate surface area is 117 Å². The Morgan fingerprint density at radius 1 is 1.40 bits per heavy atom. The molecule has 3 N–H and O–H groups in total. The van der Waals surface area contributed by atoms with Gasteiger partial charge in [-0.3, -0.25) is 4.79 Å². The van der Waals surface area contributed by atoms with E-state index in [1.165, 1.54) is 0 Å². The molecular weight excluding hydrogens is 256 g/mol. The number of carbonyl (C=O) groups excluding carboxylic acids is 1. The van der Waals surface area contributed by atoms with Crippen LogP contribution in [-0.4, -0.2) is 12.5 Å². The molecule has 1 aromatic carbocycles. The lowest BCUT2D eigenvalue weighted by Gasteiger charge is -2.12. The molecule has 0 radical (unpaired) electrons. The van der Waals surface area contributed by atoms with Crippen molar-refractivity contribution in [3.63, 3.8) is 0 Å². The largest absolute Gasteiger partial charge is 0.484 e. The molecule has 20 heavy (non-hydrogen) atoms. The minimum Gasteiger partial charge on any atom is -0.484 e. The number of ether oxygens (including phenoxy) is 1. The third-order valence-corrected chi connectivity index (χ3v) is 2.85. The highest BCUT2D eigenvalue weighted by molar-refractivity contribution is 5.77. The molecule has 0 bridgehead atoms. The predicted octanol–water partition coefficient (Wildman–Crippen LogP) is 1.99. The maximum Gasteiger partial charge on any atom is 0.258 e. The molecule has 0 aliphatic heterocycles. The zero-order chi connectivity index (χ0) is 14.4. The summed E-state index contributed by atoms with van der Waals surface area (Å²) in [5.74, 6) is 1.14. The Balaban J connectivity index is 1.83. The average molecular weight is 274 g/mol. The molecule has 2 aromatic rings. The van der Waals surface area contributed by atoms with E-state index in [0.717, 1.165) is 5.56 Å². The van der Waals surface area contributed by atoms with Crippen LogP contribution in [0.2, 0.25) is 0 Å². The lowest BCUT2D eigenvalue weighted by molar-refractivity contribution is -0.123. The van der Waals surface area contributed by atoms with E-state index in [2.05, 4.69) is 5.32 Å². The number of rotatable bonds is 6. The summed E-state index contributed by atoms with van der Waals surface area (Å²) in [7, 11) is 0. The second-order valence-electron chi connectivity index (χ2n) is 4.44. The SMILES string of the molecule is CC(NC(=O)COc1cccc(CN)c1)c1ccco1. The molecule has 2 rings (SSSR count). The molecule has 106 valence electrons. The van der Waals surface area contributed by atoms with E-state index in [-0.39, 0.29) is 18.6 Å². The number of nitrogens with one attached hydrogen (secondary N) is 1. The van der Waals surface area contributed by atoms with Crippen LogP contribution in [0.25, 0.3) is 0 Å². The van der Waals surface area contributed by atoms with E-state index >= 15 is 0 Å². The Morgan fingerprint density at radius 3 is 2.95 bits per heavy atom. The van der Waals surface area contributed by atoms with Crippen LogP contribution in [0.5, 0.6) is 5.75 Å². The van der Waals surface area contributed by atoms with E-state index in [1.54, 1.807) is 18.4 Å². The van der Waals surface area contributed by atoms with E-state index in [0.29, 0.717) is 18.1 Å². The first-order valence-electron chi connectivity index (χ1n) is 6.43. The second kappa shape index (κ2) is 6.77. The van der Waals surface area contributed by atoms with Crippen molar-refractivity contribution in [3.8, 4) is 5.75 Å². The smallest absolute Gasteiger partial charge is 0.258 e. The zero-order valence-electron chi connectivity index (χ0n) is 11.3. The van der Waals surface area contributed by atoms with Crippen LogP contribution in [0.3, 0.4) is 0 Å². The van der Waals surface area contributed by atoms with Crippen LogP contribution in [0.15, 0.2) is 47.1 Å². The van der Waals surface area contributed by atoms with Gasteiger partial charge in [0.15, 0.2) is 6.61 Å². The van der Waals surface area contributed by atoms with E-state index in [4.69, 9.17) is 14.9 Å². The molecule has 0 spiro atoms. The normalized spacial score (nSPS) is 11.9. The molecule has 0 fully saturated rings. The van der Waals surface area contributed by atoms with Gasteiger partial charge in [-0.15, -0.1) is 0 Å². The van der Waals surface area contributed by atoms with E-state index < -0.39 is 0 Å². The number of nitrogens with two attached hydrogens (primary N) is 1. The number of hydrogen-bond donors (Lipinski definition) is 2. The molecule has 1 heterocycles. The fraction of sp³-hybridized carbons (Fsp3) is 0.267. The van der Waals surface area contributed by atoms with Gasteiger partial charge in [-0.05, 0) is 36.8 Å². The lowest BCUT2D eigenvalue weighted by atomic mass is 10.2. The van der Waals surface area contributed by atoms with Crippen LogP contribution >= 0.6 is 0 Å². The summed E-state index contributed by atoms with van der Waals surface area (Å²) in [4.78, 5) is 11.8. The number of carbonyl (C=O) groups is 1. The minimum atomic E-state index is -0.202. The van der Waals surface area contributed by atoms with Gasteiger partial charge in [-0.2, -0.15) is 0 Å². The lowest BCUT2D eigenvalue weighted by Crippen LogP contribution is -2.31. The first-order chi connectivity index (χ1) is 9.69. The van der Waals surface area contributed by atoms with Crippen molar-refractivity contribution in [2.24, 2.45) is 5.73 Å². The van der Waals surface area contributed by atoms with Gasteiger partial charge in [0.25, 0.3) is 5.91 Å². The Hall–Kier alpha value is -2.27. The van der Waals surface area contributed by atoms with Crippen LogP contribution in [0.4, 0.5) is 0 Å². The van der Waals surface area contributed by atoms with E-state index in [9.17, 15) is 4.79 Å². The first kappa shape index (κ1) is 14.1. The third kappa shape index (κ3) is 3.86. The molecule has 5 heteroatoms. The molecule has 0 aliphatic carbocycles. The van der Waals surface area contributed by atoms with Gasteiger partial charge < -0.3 is 20.2 Å². The Bertz CT molecular complexity index is 552. The van der Waals surface area contributed by atoms with Crippen molar-refractivity contribution >= 4 is 5.91 Å². The third-order valence-electron chi connectivity index (χ3n) is 2.85. The predicted molar refractivity (Wildman–Crippen MR) is 75.1 cm³/mol. The molecule has 0 saturated heterocycles. The molecule has 0 saturated carbocycles. The summed E-state index contributed by atoms with van der Waals surface area (Å²) in [6, 6.07) is 10.8. The van der Waals surface area contributed by atoms with Crippen molar-refractivity contribution in [2.75, 3.05) is 6.61 Å². The summed E-state index contributed by atoms with van der Waals surface area (Å²) < 4.78 is 10.7. The molecular formula is C15H18N2O3. The van der Waals surface area contributed by atoms with Gasteiger partial charge in [-0.25, -0.2) is 0 Å². The summed E-state index contributed by atoms with van der Waals surface area (Å²) in [5.41, 5.74) is 6.51. The van der Waals surface area contributed by atoms with Crippen molar-refractivity contribution < 1.29 is 13.9 Å². The van der Waals surface area contributed by atoms with Crippen molar-refractivity contribution in [2.45, 2.75) is 19.5 Å². The van der Waals surface area contributed by atoms with Crippen molar-refractivity contribution in [1.82, 2.24) is 5.32 Å². The fourth-order valence-corrected chi connectivity index (χ4v) is 1.80. The molecule has 5 nitrogen and oxygen atoms in total. The molecule has 1 aromatic heterocycles. The average Bonchev–Trinajstić information content (AvgIpc) is 2.99. The van der Waals surface area contributed by atoms with Crippen LogP contribution < -0.4 is 15.8 Å². The van der Waals surface area contributed by atoms with Crippen LogP contribution in [0, 0.1) is 0 Å². The Morgan fingerprint density at radius 2 is 2.25 bits per heavy atom. The number of furan rings is 1. The minimum absolute atomic E-state index is 0.0426. The van der Waals surface area contributed by atoms with Gasteiger partial charge in [0.05, 0.1) is 12.3 Å². The summed E-state index contributed by atoms with van der Waals surface area (Å²) in [6.45, 7) is 2.25. The standard InChI is InChI=1S/C15H18N2O3/c1-11(14-6-3-7-19-14)17-15(18)10-20-13-5-2-4-12(8-13)9-16/h2-8,11H,9-10,16H2,1H3,(H,17,18). The number of amides is 1. The van der Waals surface area contributed by atoms with E-state index in [1.807, 2.05) is 31.2 Å². The molecule has 1 atom stereocenters. The molecule has 1 unspecified atom stereocenters. The van der Waals surface area contributed by atoms with Gasteiger partial charge in [0, 0.05) is 6.54 Å². The van der Waals surface area contributed by atoms with Crippen LogP contribution in [-0.2, 0) is 11.3 Å². The second-order valence-corrected chi connectivity index (χ2v) is 4.44. The number of hydrogen-bond acceptors (Lipinski definition) is 4. The molecule has 0 aliphatic rings. The quantitative estimate of drug-likeness (QED) is 0.844. The van der Waals surface area contributed by atoms with Gasteiger partial charge in [0.2, 0.25) is 0 Å². The maximum atomic E-state index is 11.8. The van der Waals surface area contributed by atoms with Crippen LogP contribution in [0.1, 0.15) is 24.3 Å². The van der Waals surface area contributed by atoms with Crippen molar-refractivity contribution in [1.29, 1.82) is 0 Å². The monoisotopic (exact) mass is 274 g/mol. The zero-order valence-corrected chi connectivity index (χ0v) is 11.3. The summed E-state index contributed by atoms with van der Waals surface area (Å²) in [6.07, 6.45) is 1.58. The van der Waals surface area contributed by atoms with Gasteiger partial charge in [-0.1, -0.05) is 12.1 Å². The first-order valence-corrected chi connectivity index (χ1v) is 6.43. The highest BCUT2D eigenvalue weighted by Crippen LogP contribution is 2.14. The van der Waals surface area contributed by atoms with Gasteiger partial charge >= 0.3 is 0 Å². The maximum absolute atomic E-state index is 11.8. The molecule has 1 amide bonds. The topological polar surface area (TPSA) is 77.5 Å².